The summed E-state index contributed by atoms with van der Waals surface area (Å²) >= 11 is 3.39. The highest BCUT2D eigenvalue weighted by atomic mass is 79.9. The van der Waals surface area contributed by atoms with Gasteiger partial charge in [0.15, 0.2) is 0 Å². The average molecular weight is 391 g/mol. The van der Waals surface area contributed by atoms with Crippen molar-refractivity contribution in [3.8, 4) is 0 Å². The van der Waals surface area contributed by atoms with Crippen molar-refractivity contribution in [2.24, 2.45) is 0 Å². The Bertz CT molecular complexity index is 764. The number of nitrogens with zero attached hydrogens (tertiary/aromatic N) is 2. The molecule has 0 saturated carbocycles. The predicted molar refractivity (Wildman–Crippen MR) is 93.2 cm³/mol. The van der Waals surface area contributed by atoms with E-state index in [9.17, 15) is 14.0 Å². The topological polar surface area (TPSA) is 40.6 Å². The van der Waals surface area contributed by atoms with Crippen LogP contribution in [0.2, 0.25) is 0 Å². The van der Waals surface area contributed by atoms with E-state index in [2.05, 4.69) is 15.9 Å². The van der Waals surface area contributed by atoms with Crippen molar-refractivity contribution >= 4 is 33.4 Å². The highest BCUT2D eigenvalue weighted by Gasteiger charge is 2.27. The van der Waals surface area contributed by atoms with Gasteiger partial charge in [-0.15, -0.1) is 0 Å². The van der Waals surface area contributed by atoms with Crippen molar-refractivity contribution in [1.82, 2.24) is 4.90 Å². The van der Waals surface area contributed by atoms with Crippen molar-refractivity contribution in [3.63, 3.8) is 0 Å². The van der Waals surface area contributed by atoms with Gasteiger partial charge in [0.2, 0.25) is 5.91 Å². The molecule has 0 spiro atoms. The number of hydrogen-bond donors (Lipinski definition) is 0. The van der Waals surface area contributed by atoms with E-state index >= 15 is 0 Å². The Kier molecular flexibility index (Phi) is 4.94. The number of likely N-dealkylation sites (tertiary alicyclic amines) is 1. The molecule has 0 radical (unpaired) electrons. The molecule has 0 unspecified atom stereocenters. The number of anilines is 1. The Morgan fingerprint density at radius 1 is 1.17 bits per heavy atom. The third-order valence-electron chi connectivity index (χ3n) is 3.97. The van der Waals surface area contributed by atoms with Crippen LogP contribution in [-0.2, 0) is 4.79 Å². The lowest BCUT2D eigenvalue weighted by atomic mass is 10.2. The van der Waals surface area contributed by atoms with Gasteiger partial charge in [0.1, 0.15) is 12.5 Å². The molecule has 1 aliphatic heterocycles. The Labute approximate surface area is 148 Å². The molecule has 2 amide bonds. The maximum absolute atomic E-state index is 13.2. The number of carbonyl (C=O) groups excluding carboxylic acids is 2. The minimum atomic E-state index is -0.371. The fraction of sp³-hybridized carbons (Fsp3) is 0.222. The van der Waals surface area contributed by atoms with E-state index in [-0.39, 0.29) is 24.3 Å². The van der Waals surface area contributed by atoms with Gasteiger partial charge in [-0.05, 0) is 58.7 Å². The second-order valence-corrected chi connectivity index (χ2v) is 6.45. The second-order valence-electron chi connectivity index (χ2n) is 5.59. The lowest BCUT2D eigenvalue weighted by Gasteiger charge is -2.28. The largest absolute Gasteiger partial charge is 0.324 e. The Hall–Kier alpha value is -2.21. The Morgan fingerprint density at radius 3 is 2.50 bits per heavy atom. The maximum Gasteiger partial charge on any atom is 0.260 e. The summed E-state index contributed by atoms with van der Waals surface area (Å²) in [4.78, 5) is 28.1. The van der Waals surface area contributed by atoms with Crippen LogP contribution in [0, 0.1) is 5.82 Å². The van der Waals surface area contributed by atoms with E-state index in [0.29, 0.717) is 28.7 Å². The second kappa shape index (κ2) is 7.13. The van der Waals surface area contributed by atoms with E-state index < -0.39 is 0 Å². The first kappa shape index (κ1) is 16.6. The molecule has 1 fully saturated rings. The van der Waals surface area contributed by atoms with E-state index in [4.69, 9.17) is 0 Å². The van der Waals surface area contributed by atoms with Crippen molar-refractivity contribution in [2.45, 2.75) is 12.8 Å². The van der Waals surface area contributed by atoms with Crippen molar-refractivity contribution < 1.29 is 14.0 Å². The van der Waals surface area contributed by atoms with Gasteiger partial charge in [-0.2, -0.15) is 0 Å². The molecule has 2 aromatic carbocycles. The molecule has 6 heteroatoms. The first-order valence-electron chi connectivity index (χ1n) is 7.66. The third-order valence-corrected chi connectivity index (χ3v) is 4.66. The van der Waals surface area contributed by atoms with Crippen molar-refractivity contribution in [3.05, 3.63) is 64.4 Å². The van der Waals surface area contributed by atoms with Crippen LogP contribution in [0.1, 0.15) is 23.2 Å². The van der Waals surface area contributed by atoms with Gasteiger partial charge in [-0.25, -0.2) is 4.39 Å². The molecule has 1 heterocycles. The van der Waals surface area contributed by atoms with Crippen LogP contribution >= 0.6 is 15.9 Å². The summed E-state index contributed by atoms with van der Waals surface area (Å²) in [6.45, 7) is 0.782. The van der Waals surface area contributed by atoms with Crippen molar-refractivity contribution in [1.29, 1.82) is 0 Å². The number of halogens is 2. The molecule has 124 valence electrons. The molecule has 1 saturated heterocycles. The predicted octanol–water partition coefficient (Wildman–Crippen LogP) is 3.81. The standard InChI is InChI=1S/C18H16BrFN2O2/c19-16-5-2-1-4-15(16)18(24)22(12-21-11-3-6-17(21)23)14-9-7-13(20)8-10-14/h1-2,4-5,7-10H,3,6,11-12H2. The summed E-state index contributed by atoms with van der Waals surface area (Å²) in [6, 6.07) is 12.8. The van der Waals surface area contributed by atoms with Gasteiger partial charge >= 0.3 is 0 Å². The number of amides is 2. The summed E-state index contributed by atoms with van der Waals surface area (Å²) in [5.74, 6) is -0.583. The van der Waals surface area contributed by atoms with Gasteiger partial charge < -0.3 is 4.90 Å². The quantitative estimate of drug-likeness (QED) is 0.795. The molecule has 1 aliphatic rings. The summed E-state index contributed by atoms with van der Waals surface area (Å²) < 4.78 is 13.9. The average Bonchev–Trinajstić information content (AvgIpc) is 2.98. The third kappa shape index (κ3) is 3.48. The summed E-state index contributed by atoms with van der Waals surface area (Å²) in [7, 11) is 0. The van der Waals surface area contributed by atoms with Crippen LogP contribution in [-0.4, -0.2) is 29.9 Å². The molecule has 0 atom stereocenters. The molecule has 0 aliphatic carbocycles. The fourth-order valence-electron chi connectivity index (χ4n) is 2.69. The molecule has 2 aromatic rings. The zero-order chi connectivity index (χ0) is 17.1. The van der Waals surface area contributed by atoms with Crippen LogP contribution in [0.3, 0.4) is 0 Å². The molecule has 3 rings (SSSR count). The molecular weight excluding hydrogens is 375 g/mol. The van der Waals surface area contributed by atoms with Crippen molar-refractivity contribution in [2.75, 3.05) is 18.1 Å². The van der Waals surface area contributed by atoms with Crippen LogP contribution in [0.15, 0.2) is 53.0 Å². The highest BCUT2D eigenvalue weighted by Crippen LogP contribution is 2.24. The lowest BCUT2D eigenvalue weighted by Crippen LogP contribution is -2.42. The summed E-state index contributed by atoms with van der Waals surface area (Å²) in [5.41, 5.74) is 1.05. The molecular formula is C18H16BrFN2O2. The van der Waals surface area contributed by atoms with E-state index in [1.54, 1.807) is 35.2 Å². The Balaban J connectivity index is 1.94. The van der Waals surface area contributed by atoms with E-state index in [1.807, 2.05) is 6.07 Å². The zero-order valence-electron chi connectivity index (χ0n) is 12.9. The molecule has 0 aromatic heterocycles. The van der Waals surface area contributed by atoms with Gasteiger partial charge in [-0.3, -0.25) is 14.5 Å². The molecule has 0 N–H and O–H groups in total. The number of carbonyl (C=O) groups is 2. The number of hydrogen-bond acceptors (Lipinski definition) is 2. The Morgan fingerprint density at radius 2 is 1.88 bits per heavy atom. The smallest absolute Gasteiger partial charge is 0.260 e. The van der Waals surface area contributed by atoms with Crippen LogP contribution < -0.4 is 4.90 Å². The monoisotopic (exact) mass is 390 g/mol. The van der Waals surface area contributed by atoms with E-state index in [1.165, 1.54) is 17.0 Å². The molecule has 4 nitrogen and oxygen atoms in total. The summed E-state index contributed by atoms with van der Waals surface area (Å²) in [5, 5.41) is 0. The molecule has 0 bridgehead atoms. The summed E-state index contributed by atoms with van der Waals surface area (Å²) in [6.07, 6.45) is 1.29. The number of benzene rings is 2. The van der Waals surface area contributed by atoms with E-state index in [0.717, 1.165) is 6.42 Å². The minimum absolute atomic E-state index is 0.0297. The zero-order valence-corrected chi connectivity index (χ0v) is 14.5. The van der Waals surface area contributed by atoms with Gasteiger partial charge in [0, 0.05) is 23.1 Å². The SMILES string of the molecule is O=C1CCCN1CN(C(=O)c1ccccc1Br)c1ccc(F)cc1. The highest BCUT2D eigenvalue weighted by molar-refractivity contribution is 9.10. The first-order chi connectivity index (χ1) is 11.6. The van der Waals surface area contributed by atoms with Gasteiger partial charge in [0.05, 0.1) is 5.56 Å². The van der Waals surface area contributed by atoms with Crippen LogP contribution in [0.4, 0.5) is 10.1 Å². The van der Waals surface area contributed by atoms with Gasteiger partial charge in [0.25, 0.3) is 5.91 Å². The lowest BCUT2D eigenvalue weighted by molar-refractivity contribution is -0.127. The fourth-order valence-corrected chi connectivity index (χ4v) is 3.14. The van der Waals surface area contributed by atoms with Gasteiger partial charge in [-0.1, -0.05) is 12.1 Å². The first-order valence-corrected chi connectivity index (χ1v) is 8.45. The number of rotatable bonds is 4. The minimum Gasteiger partial charge on any atom is -0.324 e. The molecule has 24 heavy (non-hydrogen) atoms. The van der Waals surface area contributed by atoms with Crippen LogP contribution in [0.25, 0.3) is 0 Å². The van der Waals surface area contributed by atoms with Crippen LogP contribution in [0.5, 0.6) is 0 Å². The normalized spacial score (nSPS) is 14.1. The maximum atomic E-state index is 13.2.